The molecular weight excluding hydrogens is 386 g/mol. The Morgan fingerprint density at radius 3 is 2.40 bits per heavy atom. The number of urea groups is 1. The summed E-state index contributed by atoms with van der Waals surface area (Å²) in [4.78, 5) is 12.4. The van der Waals surface area contributed by atoms with Crippen LogP contribution in [0.1, 0.15) is 23.6 Å². The largest absolute Gasteiger partial charge is 0.492 e. The molecule has 0 fully saturated rings. The number of hydrogen-bond donors (Lipinski definition) is 2. The van der Waals surface area contributed by atoms with Crippen molar-refractivity contribution in [3.8, 4) is 16.9 Å². The molecule has 0 bridgehead atoms. The van der Waals surface area contributed by atoms with Crippen molar-refractivity contribution < 1.29 is 18.3 Å². The zero-order chi connectivity index (χ0) is 21.0. The van der Waals surface area contributed by atoms with Gasteiger partial charge in [-0.15, -0.1) is 0 Å². The Hall–Kier alpha value is -3.41. The summed E-state index contributed by atoms with van der Waals surface area (Å²) in [6.07, 6.45) is 0.563. The normalized spacial score (nSPS) is 15.6. The maximum atomic E-state index is 14.3. The van der Waals surface area contributed by atoms with Crippen LogP contribution in [0, 0.1) is 0 Å². The number of fused-ring (bicyclic) bond motifs is 1. The van der Waals surface area contributed by atoms with Crippen molar-refractivity contribution in [3.63, 3.8) is 0 Å². The van der Waals surface area contributed by atoms with E-state index in [2.05, 4.69) is 10.6 Å². The average Bonchev–Trinajstić information content (AvgIpc) is 2.79. The lowest BCUT2D eigenvalue weighted by Crippen LogP contribution is -2.43. The number of nitrogens with one attached hydrogen (secondary N) is 2. The first kappa shape index (κ1) is 19.9. The van der Waals surface area contributed by atoms with Crippen LogP contribution in [0.5, 0.6) is 5.75 Å². The second-order valence-corrected chi connectivity index (χ2v) is 7.18. The maximum absolute atomic E-state index is 14.3. The minimum Gasteiger partial charge on any atom is -0.492 e. The van der Waals surface area contributed by atoms with E-state index in [1.807, 2.05) is 48.5 Å². The van der Waals surface area contributed by atoms with E-state index < -0.39 is 18.5 Å². The van der Waals surface area contributed by atoms with Gasteiger partial charge in [0.1, 0.15) is 5.75 Å². The number of hydrogen-bond acceptors (Lipinski definition) is 2. The zero-order valence-electron chi connectivity index (χ0n) is 16.3. The van der Waals surface area contributed by atoms with Gasteiger partial charge < -0.3 is 15.4 Å². The number of benzene rings is 3. The van der Waals surface area contributed by atoms with Crippen LogP contribution >= 0.6 is 0 Å². The van der Waals surface area contributed by atoms with Crippen LogP contribution in [0.25, 0.3) is 11.1 Å². The zero-order valence-corrected chi connectivity index (χ0v) is 16.3. The van der Waals surface area contributed by atoms with Crippen LogP contribution in [-0.2, 0) is 5.92 Å². The topological polar surface area (TPSA) is 50.4 Å². The highest BCUT2D eigenvalue weighted by molar-refractivity contribution is 5.76. The molecule has 1 aliphatic rings. The molecule has 0 saturated carbocycles. The van der Waals surface area contributed by atoms with Gasteiger partial charge in [0.2, 0.25) is 0 Å². The van der Waals surface area contributed by atoms with Gasteiger partial charge in [-0.1, -0.05) is 78.9 Å². The highest BCUT2D eigenvalue weighted by Gasteiger charge is 2.32. The first-order valence-electron chi connectivity index (χ1n) is 9.83. The second-order valence-electron chi connectivity index (χ2n) is 7.18. The van der Waals surface area contributed by atoms with Crippen molar-refractivity contribution in [1.82, 2.24) is 10.6 Å². The van der Waals surface area contributed by atoms with Crippen molar-refractivity contribution in [2.24, 2.45) is 0 Å². The van der Waals surface area contributed by atoms with Crippen molar-refractivity contribution in [2.45, 2.75) is 18.4 Å². The Morgan fingerprint density at radius 2 is 1.67 bits per heavy atom. The Balaban J connectivity index is 1.46. The molecule has 2 N–H and O–H groups in total. The molecule has 0 radical (unpaired) electrons. The molecule has 0 spiro atoms. The van der Waals surface area contributed by atoms with Crippen molar-refractivity contribution >= 4 is 6.03 Å². The van der Waals surface area contributed by atoms with Gasteiger partial charge in [-0.05, 0) is 5.56 Å². The van der Waals surface area contributed by atoms with E-state index in [-0.39, 0.29) is 11.6 Å². The van der Waals surface area contributed by atoms with Crippen LogP contribution < -0.4 is 15.4 Å². The van der Waals surface area contributed by atoms with E-state index in [1.165, 1.54) is 12.1 Å². The average molecular weight is 408 g/mol. The number of rotatable bonds is 5. The van der Waals surface area contributed by atoms with Gasteiger partial charge in [0.25, 0.3) is 5.92 Å². The van der Waals surface area contributed by atoms with E-state index >= 15 is 0 Å². The molecule has 1 heterocycles. The first-order chi connectivity index (χ1) is 14.5. The van der Waals surface area contributed by atoms with Crippen LogP contribution in [0.2, 0.25) is 0 Å². The summed E-state index contributed by atoms with van der Waals surface area (Å²) >= 11 is 0. The molecule has 0 aliphatic carbocycles. The molecule has 1 aliphatic heterocycles. The van der Waals surface area contributed by atoms with Crippen molar-refractivity contribution in [3.05, 3.63) is 90.0 Å². The monoisotopic (exact) mass is 408 g/mol. The fraction of sp³-hybridized carbons (Fsp3) is 0.208. The van der Waals surface area contributed by atoms with Crippen molar-refractivity contribution in [1.29, 1.82) is 0 Å². The van der Waals surface area contributed by atoms with Gasteiger partial charge in [0, 0.05) is 23.1 Å². The third-order valence-electron chi connectivity index (χ3n) is 5.13. The summed E-state index contributed by atoms with van der Waals surface area (Å²) in [6, 6.07) is 22.1. The van der Waals surface area contributed by atoms with E-state index in [9.17, 15) is 13.6 Å². The quantitative estimate of drug-likeness (QED) is 0.604. The summed E-state index contributed by atoms with van der Waals surface area (Å²) in [5, 5.41) is 5.12. The van der Waals surface area contributed by atoms with E-state index in [4.69, 9.17) is 4.74 Å². The predicted octanol–water partition coefficient (Wildman–Crippen LogP) is 5.27. The van der Waals surface area contributed by atoms with Crippen molar-refractivity contribution in [2.75, 3.05) is 13.2 Å². The molecule has 154 valence electrons. The first-order valence-corrected chi connectivity index (χ1v) is 9.83. The molecule has 4 nitrogen and oxygen atoms in total. The highest BCUT2D eigenvalue weighted by Crippen LogP contribution is 2.40. The molecule has 3 aromatic carbocycles. The molecule has 2 amide bonds. The third kappa shape index (κ3) is 4.27. The Labute approximate surface area is 173 Å². The Kier molecular flexibility index (Phi) is 5.65. The SMILES string of the molecule is O=C(NCC(F)(F)c1ccccc1)NC1CCOc2c(-c3ccccc3)cccc21. The van der Waals surface area contributed by atoms with Crippen LogP contribution in [0.15, 0.2) is 78.9 Å². The van der Waals surface area contributed by atoms with Gasteiger partial charge in [-0.2, -0.15) is 8.78 Å². The smallest absolute Gasteiger partial charge is 0.315 e. The molecule has 0 saturated heterocycles. The lowest BCUT2D eigenvalue weighted by molar-refractivity contribution is -0.000600. The maximum Gasteiger partial charge on any atom is 0.315 e. The molecule has 30 heavy (non-hydrogen) atoms. The van der Waals surface area contributed by atoms with Crippen LogP contribution in [0.3, 0.4) is 0 Å². The molecule has 3 aromatic rings. The number of amides is 2. The number of ether oxygens (including phenoxy) is 1. The minimum atomic E-state index is -3.15. The number of carbonyl (C=O) groups is 1. The molecule has 4 rings (SSSR count). The van der Waals surface area contributed by atoms with Gasteiger partial charge >= 0.3 is 6.03 Å². The Bertz CT molecular complexity index is 1010. The minimum absolute atomic E-state index is 0.130. The lowest BCUT2D eigenvalue weighted by atomic mass is 9.94. The third-order valence-corrected chi connectivity index (χ3v) is 5.13. The number of alkyl halides is 2. The van der Waals surface area contributed by atoms with Gasteiger partial charge in [0.15, 0.2) is 0 Å². The summed E-state index contributed by atoms with van der Waals surface area (Å²) < 4.78 is 34.5. The van der Waals surface area contributed by atoms with Crippen LogP contribution in [0.4, 0.5) is 13.6 Å². The lowest BCUT2D eigenvalue weighted by Gasteiger charge is -2.29. The second kappa shape index (κ2) is 8.53. The van der Waals surface area contributed by atoms with Gasteiger partial charge in [0.05, 0.1) is 19.2 Å². The molecule has 0 aromatic heterocycles. The Morgan fingerprint density at radius 1 is 0.967 bits per heavy atom. The molecule has 1 atom stereocenters. The summed E-state index contributed by atoms with van der Waals surface area (Å²) in [5.41, 5.74) is 2.67. The number of halogens is 2. The fourth-order valence-electron chi connectivity index (χ4n) is 3.60. The molecule has 6 heteroatoms. The standard InChI is InChI=1S/C24H22F2N2O2/c25-24(26,18-10-5-2-6-11-18)16-27-23(29)28-21-14-15-30-22-19(12-7-13-20(21)22)17-8-3-1-4-9-17/h1-13,21H,14-16H2,(H2,27,28,29). The predicted molar refractivity (Wildman–Crippen MR) is 112 cm³/mol. The molecule has 1 unspecified atom stereocenters. The van der Waals surface area contributed by atoms with E-state index in [0.29, 0.717) is 13.0 Å². The van der Waals surface area contributed by atoms with Gasteiger partial charge in [-0.3, -0.25) is 0 Å². The van der Waals surface area contributed by atoms with Crippen LogP contribution in [-0.4, -0.2) is 19.2 Å². The fourth-order valence-corrected chi connectivity index (χ4v) is 3.60. The number of para-hydroxylation sites is 1. The van der Waals surface area contributed by atoms with Gasteiger partial charge in [-0.25, -0.2) is 4.79 Å². The summed E-state index contributed by atoms with van der Waals surface area (Å²) in [7, 11) is 0. The molecular formula is C24H22F2N2O2. The highest BCUT2D eigenvalue weighted by atomic mass is 19.3. The summed E-state index contributed by atoms with van der Waals surface area (Å²) in [6.45, 7) is -0.342. The van der Waals surface area contributed by atoms with E-state index in [0.717, 1.165) is 22.4 Å². The summed E-state index contributed by atoms with van der Waals surface area (Å²) in [5.74, 6) is -2.43. The van der Waals surface area contributed by atoms with E-state index in [1.54, 1.807) is 18.2 Å². The number of carbonyl (C=O) groups excluding carboxylic acids is 1.